The largest absolute Gasteiger partial charge is 0.458 e. The molecule has 0 radical (unpaired) electrons. The Kier molecular flexibility index (Phi) is 3.79. The fourth-order valence-electron chi connectivity index (χ4n) is 1.70. The topological polar surface area (TPSA) is 38.8 Å². The van der Waals surface area contributed by atoms with Crippen molar-refractivity contribution in [2.75, 3.05) is 6.61 Å². The van der Waals surface area contributed by atoms with Gasteiger partial charge in [-0.1, -0.05) is 32.0 Å². The number of hydrogen-bond acceptors (Lipinski definition) is 3. The van der Waals surface area contributed by atoms with Crippen LogP contribution in [0.1, 0.15) is 30.6 Å². The highest BCUT2D eigenvalue weighted by atomic mass is 16.6. The Morgan fingerprint density at radius 2 is 2.06 bits per heavy atom. The molecule has 2 atom stereocenters. The van der Waals surface area contributed by atoms with Crippen molar-refractivity contribution in [2.24, 2.45) is 5.92 Å². The van der Waals surface area contributed by atoms with E-state index >= 15 is 0 Å². The summed E-state index contributed by atoms with van der Waals surface area (Å²) in [4.78, 5) is 11.9. The van der Waals surface area contributed by atoms with Crippen molar-refractivity contribution in [1.82, 2.24) is 0 Å². The molecule has 1 heterocycles. The van der Waals surface area contributed by atoms with Crippen LogP contribution in [0.5, 0.6) is 0 Å². The number of benzene rings is 1. The second-order valence-electron chi connectivity index (χ2n) is 4.74. The summed E-state index contributed by atoms with van der Waals surface area (Å²) >= 11 is 0. The Morgan fingerprint density at radius 3 is 2.59 bits per heavy atom. The Balaban J connectivity index is 1.95. The van der Waals surface area contributed by atoms with Gasteiger partial charge in [-0.3, -0.25) is 0 Å². The van der Waals surface area contributed by atoms with E-state index in [1.54, 1.807) is 12.1 Å². The summed E-state index contributed by atoms with van der Waals surface area (Å²) in [7, 11) is 0. The highest BCUT2D eigenvalue weighted by Crippen LogP contribution is 2.22. The Labute approximate surface area is 102 Å². The summed E-state index contributed by atoms with van der Waals surface area (Å²) in [6.45, 7) is 4.92. The molecule has 1 fully saturated rings. The van der Waals surface area contributed by atoms with Crippen LogP contribution in [0, 0.1) is 5.92 Å². The van der Waals surface area contributed by atoms with Gasteiger partial charge in [0.1, 0.15) is 6.10 Å². The Hall–Kier alpha value is -1.35. The van der Waals surface area contributed by atoms with Gasteiger partial charge in [0.05, 0.1) is 18.3 Å². The molecule has 0 saturated carbocycles. The average molecular weight is 234 g/mol. The van der Waals surface area contributed by atoms with E-state index in [2.05, 4.69) is 13.8 Å². The van der Waals surface area contributed by atoms with Crippen LogP contribution in [0.25, 0.3) is 0 Å². The van der Waals surface area contributed by atoms with E-state index in [1.807, 2.05) is 18.2 Å². The lowest BCUT2D eigenvalue weighted by atomic mass is 10.0. The first kappa shape index (κ1) is 12.1. The summed E-state index contributed by atoms with van der Waals surface area (Å²) in [6.07, 6.45) is 1.03. The monoisotopic (exact) mass is 234 g/mol. The van der Waals surface area contributed by atoms with E-state index in [0.717, 1.165) is 13.0 Å². The summed E-state index contributed by atoms with van der Waals surface area (Å²) in [5, 5.41) is 0. The van der Waals surface area contributed by atoms with Crippen molar-refractivity contribution in [3.8, 4) is 0 Å². The molecule has 0 bridgehead atoms. The van der Waals surface area contributed by atoms with Crippen molar-refractivity contribution < 1.29 is 14.3 Å². The molecule has 0 aliphatic carbocycles. The Bertz CT molecular complexity index is 368. The van der Waals surface area contributed by atoms with Gasteiger partial charge in [-0.15, -0.1) is 0 Å². The second-order valence-corrected chi connectivity index (χ2v) is 4.74. The van der Waals surface area contributed by atoms with Crippen LogP contribution in [0.15, 0.2) is 30.3 Å². The molecule has 0 amide bonds. The molecule has 92 valence electrons. The zero-order chi connectivity index (χ0) is 12.3. The molecule has 0 N–H and O–H groups in total. The van der Waals surface area contributed by atoms with Crippen molar-refractivity contribution in [3.63, 3.8) is 0 Å². The van der Waals surface area contributed by atoms with Gasteiger partial charge < -0.3 is 9.47 Å². The van der Waals surface area contributed by atoms with Crippen LogP contribution >= 0.6 is 0 Å². The van der Waals surface area contributed by atoms with Crippen LogP contribution in [-0.4, -0.2) is 24.8 Å². The summed E-state index contributed by atoms with van der Waals surface area (Å²) in [5.41, 5.74) is 0.606. The van der Waals surface area contributed by atoms with Gasteiger partial charge in [-0.25, -0.2) is 4.79 Å². The van der Waals surface area contributed by atoms with Crippen molar-refractivity contribution in [1.29, 1.82) is 0 Å². The van der Waals surface area contributed by atoms with Gasteiger partial charge in [0.2, 0.25) is 0 Å². The molecule has 1 saturated heterocycles. The van der Waals surface area contributed by atoms with E-state index in [9.17, 15) is 4.79 Å². The highest BCUT2D eigenvalue weighted by Gasteiger charge is 2.30. The lowest BCUT2D eigenvalue weighted by Gasteiger charge is -2.20. The summed E-state index contributed by atoms with van der Waals surface area (Å²) in [5.74, 6) is 0.0665. The molecule has 0 aromatic heterocycles. The van der Waals surface area contributed by atoms with E-state index in [0.29, 0.717) is 11.5 Å². The average Bonchev–Trinajstić information content (AvgIpc) is 3.13. The molecular formula is C14H18O3. The quantitative estimate of drug-likeness (QED) is 0.580. The molecule has 1 aromatic rings. The van der Waals surface area contributed by atoms with Crippen molar-refractivity contribution >= 4 is 5.97 Å². The van der Waals surface area contributed by atoms with Gasteiger partial charge in [-0.2, -0.15) is 0 Å². The molecule has 3 nitrogen and oxygen atoms in total. The number of carbonyl (C=O) groups is 1. The van der Waals surface area contributed by atoms with Crippen molar-refractivity contribution in [3.05, 3.63) is 35.9 Å². The maximum atomic E-state index is 11.9. The van der Waals surface area contributed by atoms with Gasteiger partial charge in [0.15, 0.2) is 0 Å². The normalized spacial score (nSPS) is 20.1. The minimum absolute atomic E-state index is 0.0600. The first-order valence-corrected chi connectivity index (χ1v) is 6.04. The fraction of sp³-hybridized carbons (Fsp3) is 0.500. The van der Waals surface area contributed by atoms with Crippen LogP contribution in [-0.2, 0) is 9.47 Å². The van der Waals surface area contributed by atoms with E-state index in [-0.39, 0.29) is 18.2 Å². The highest BCUT2D eigenvalue weighted by molar-refractivity contribution is 5.89. The molecular weight excluding hydrogens is 216 g/mol. The molecule has 2 rings (SSSR count). The minimum Gasteiger partial charge on any atom is -0.458 e. The number of hydrogen-bond donors (Lipinski definition) is 0. The zero-order valence-electron chi connectivity index (χ0n) is 10.3. The minimum atomic E-state index is -0.245. The predicted octanol–water partition coefficient (Wildman–Crippen LogP) is 2.66. The molecule has 17 heavy (non-hydrogen) atoms. The predicted molar refractivity (Wildman–Crippen MR) is 64.8 cm³/mol. The first-order chi connectivity index (χ1) is 8.16. The van der Waals surface area contributed by atoms with Gasteiger partial charge >= 0.3 is 5.97 Å². The maximum Gasteiger partial charge on any atom is 0.338 e. The number of carbonyl (C=O) groups excluding carboxylic acids is 1. The molecule has 3 heteroatoms. The van der Waals surface area contributed by atoms with Crippen LogP contribution in [0.3, 0.4) is 0 Å². The smallest absolute Gasteiger partial charge is 0.338 e. The Morgan fingerprint density at radius 1 is 1.41 bits per heavy atom. The number of epoxide rings is 1. The number of rotatable bonds is 5. The number of ether oxygens (including phenoxy) is 2. The van der Waals surface area contributed by atoms with Crippen LogP contribution < -0.4 is 0 Å². The number of esters is 1. The van der Waals surface area contributed by atoms with E-state index < -0.39 is 0 Å². The molecule has 1 aromatic carbocycles. The summed E-state index contributed by atoms with van der Waals surface area (Å²) < 4.78 is 10.7. The van der Waals surface area contributed by atoms with Gasteiger partial charge in [-0.05, 0) is 18.1 Å². The third-order valence-corrected chi connectivity index (χ3v) is 2.91. The standard InChI is InChI=1S/C14H18O3/c1-10(2)13(8-12-9-16-12)17-14(15)11-6-4-3-5-7-11/h3-7,10,12-13H,8-9H2,1-2H3. The molecule has 1 aliphatic rings. The van der Waals surface area contributed by atoms with E-state index in [4.69, 9.17) is 9.47 Å². The maximum absolute atomic E-state index is 11.9. The fourth-order valence-corrected chi connectivity index (χ4v) is 1.70. The lowest BCUT2D eigenvalue weighted by Crippen LogP contribution is -2.25. The lowest BCUT2D eigenvalue weighted by molar-refractivity contribution is 0.0138. The molecule has 2 unspecified atom stereocenters. The first-order valence-electron chi connectivity index (χ1n) is 6.04. The van der Waals surface area contributed by atoms with Crippen LogP contribution in [0.2, 0.25) is 0 Å². The third kappa shape index (κ3) is 3.56. The third-order valence-electron chi connectivity index (χ3n) is 2.91. The molecule has 1 aliphatic heterocycles. The van der Waals surface area contributed by atoms with Gasteiger partial charge in [0.25, 0.3) is 0 Å². The van der Waals surface area contributed by atoms with Gasteiger partial charge in [0, 0.05) is 6.42 Å². The second kappa shape index (κ2) is 5.32. The molecule has 0 spiro atoms. The van der Waals surface area contributed by atoms with Crippen LogP contribution in [0.4, 0.5) is 0 Å². The van der Waals surface area contributed by atoms with E-state index in [1.165, 1.54) is 0 Å². The summed E-state index contributed by atoms with van der Waals surface area (Å²) in [6, 6.07) is 9.10. The zero-order valence-corrected chi connectivity index (χ0v) is 10.3. The van der Waals surface area contributed by atoms with Crippen molar-refractivity contribution in [2.45, 2.75) is 32.5 Å². The SMILES string of the molecule is CC(C)C(CC1CO1)OC(=O)c1ccccc1.